The quantitative estimate of drug-likeness (QED) is 0.775. The molecule has 4 nitrogen and oxygen atoms in total. The molecule has 4 heteroatoms. The Kier molecular flexibility index (Phi) is 6.09. The Hall–Kier alpha value is -0.610. The van der Waals surface area contributed by atoms with Crippen molar-refractivity contribution < 1.29 is 4.79 Å². The number of hydrogen-bond donors (Lipinski definition) is 1. The van der Waals surface area contributed by atoms with Crippen LogP contribution in [0.3, 0.4) is 0 Å². The van der Waals surface area contributed by atoms with Crippen molar-refractivity contribution in [2.45, 2.75) is 40.2 Å². The number of carbonyl (C=O) groups excluding carboxylic acids is 1. The molecule has 0 radical (unpaired) electrons. The Morgan fingerprint density at radius 1 is 1.33 bits per heavy atom. The number of nitrogens with zero attached hydrogens (tertiary/aromatic N) is 2. The molecule has 0 bridgehead atoms. The molecule has 2 unspecified atom stereocenters. The van der Waals surface area contributed by atoms with Crippen LogP contribution >= 0.6 is 0 Å². The summed E-state index contributed by atoms with van der Waals surface area (Å²) in [6.07, 6.45) is 1.34. The lowest BCUT2D eigenvalue weighted by Crippen LogP contribution is -2.46. The molecule has 0 saturated carbocycles. The summed E-state index contributed by atoms with van der Waals surface area (Å²) in [5.74, 6) is 1.35. The fourth-order valence-corrected chi connectivity index (χ4v) is 2.96. The van der Waals surface area contributed by atoms with E-state index in [0.29, 0.717) is 12.6 Å². The Morgan fingerprint density at radius 3 is 2.33 bits per heavy atom. The number of rotatable bonds is 6. The second kappa shape index (κ2) is 7.10. The molecule has 1 amide bonds. The van der Waals surface area contributed by atoms with Gasteiger partial charge in [0.05, 0.1) is 6.54 Å². The van der Waals surface area contributed by atoms with Crippen molar-refractivity contribution in [3.63, 3.8) is 0 Å². The average molecular weight is 255 g/mol. The van der Waals surface area contributed by atoms with Gasteiger partial charge in [0.25, 0.3) is 0 Å². The molecule has 1 aliphatic heterocycles. The van der Waals surface area contributed by atoms with E-state index in [4.69, 9.17) is 5.73 Å². The van der Waals surface area contributed by atoms with Crippen LogP contribution in [-0.4, -0.2) is 54.5 Å². The van der Waals surface area contributed by atoms with Crippen LogP contribution in [0.15, 0.2) is 0 Å². The van der Waals surface area contributed by atoms with Crippen molar-refractivity contribution >= 4 is 5.91 Å². The molecular weight excluding hydrogens is 226 g/mol. The highest BCUT2D eigenvalue weighted by molar-refractivity contribution is 5.75. The predicted octanol–water partition coefficient (Wildman–Crippen LogP) is 1.16. The molecule has 2 atom stereocenters. The molecule has 0 aliphatic carbocycles. The van der Waals surface area contributed by atoms with E-state index in [9.17, 15) is 4.79 Å². The number of amides is 1. The first-order valence-electron chi connectivity index (χ1n) is 7.13. The maximum absolute atomic E-state index is 11.0. The van der Waals surface area contributed by atoms with Gasteiger partial charge in [0.15, 0.2) is 0 Å². The molecular formula is C14H29N3O. The van der Waals surface area contributed by atoms with Gasteiger partial charge in [-0.25, -0.2) is 0 Å². The van der Waals surface area contributed by atoms with Gasteiger partial charge in [-0.1, -0.05) is 13.8 Å². The van der Waals surface area contributed by atoms with Gasteiger partial charge in [0, 0.05) is 32.2 Å². The summed E-state index contributed by atoms with van der Waals surface area (Å²) in [4.78, 5) is 15.7. The zero-order valence-corrected chi connectivity index (χ0v) is 12.4. The molecule has 1 aliphatic rings. The molecule has 1 fully saturated rings. The number of carbonyl (C=O) groups is 1. The Balaban J connectivity index is 2.39. The Bertz CT molecular complexity index is 258. The topological polar surface area (TPSA) is 49.6 Å². The van der Waals surface area contributed by atoms with E-state index in [2.05, 4.69) is 37.5 Å². The van der Waals surface area contributed by atoms with Crippen LogP contribution in [-0.2, 0) is 4.79 Å². The summed E-state index contributed by atoms with van der Waals surface area (Å²) in [5.41, 5.74) is 5.29. The number of hydrogen-bond acceptors (Lipinski definition) is 3. The fraction of sp³-hybridized carbons (Fsp3) is 0.929. The van der Waals surface area contributed by atoms with Crippen LogP contribution in [0.5, 0.6) is 0 Å². The molecule has 1 saturated heterocycles. The van der Waals surface area contributed by atoms with Crippen LogP contribution in [0.4, 0.5) is 0 Å². The summed E-state index contributed by atoms with van der Waals surface area (Å²) in [6, 6.07) is 0.372. The van der Waals surface area contributed by atoms with Gasteiger partial charge in [-0.2, -0.15) is 0 Å². The summed E-state index contributed by atoms with van der Waals surface area (Å²) < 4.78 is 0. The van der Waals surface area contributed by atoms with Crippen LogP contribution < -0.4 is 5.73 Å². The first kappa shape index (κ1) is 15.4. The maximum Gasteiger partial charge on any atom is 0.231 e. The van der Waals surface area contributed by atoms with Gasteiger partial charge in [-0.15, -0.1) is 0 Å². The second-order valence-electron chi connectivity index (χ2n) is 6.24. The summed E-state index contributed by atoms with van der Waals surface area (Å²) in [7, 11) is 0. The van der Waals surface area contributed by atoms with Crippen molar-refractivity contribution in [1.82, 2.24) is 9.80 Å². The zero-order chi connectivity index (χ0) is 13.7. The first-order valence-corrected chi connectivity index (χ1v) is 7.13. The van der Waals surface area contributed by atoms with Crippen molar-refractivity contribution in [2.75, 3.05) is 32.7 Å². The third kappa shape index (κ3) is 5.36. The highest BCUT2D eigenvalue weighted by atomic mass is 16.1. The van der Waals surface area contributed by atoms with Crippen LogP contribution in [0.2, 0.25) is 0 Å². The fourth-order valence-electron chi connectivity index (χ4n) is 2.96. The lowest BCUT2D eigenvalue weighted by Gasteiger charge is -2.36. The minimum atomic E-state index is -0.232. The second-order valence-corrected chi connectivity index (χ2v) is 6.24. The number of piperidine rings is 1. The van der Waals surface area contributed by atoms with E-state index in [-0.39, 0.29) is 5.91 Å². The SMILES string of the molecule is CC1CC(C)CN(CCN(CC(N)=O)C(C)C)C1. The smallest absolute Gasteiger partial charge is 0.231 e. The van der Waals surface area contributed by atoms with E-state index in [1.54, 1.807) is 0 Å². The lowest BCUT2D eigenvalue weighted by atomic mass is 9.92. The van der Waals surface area contributed by atoms with Gasteiger partial charge in [0.1, 0.15) is 0 Å². The van der Waals surface area contributed by atoms with E-state index in [0.717, 1.165) is 24.9 Å². The molecule has 1 rings (SSSR count). The van der Waals surface area contributed by atoms with Gasteiger partial charge in [-0.3, -0.25) is 9.69 Å². The van der Waals surface area contributed by atoms with Crippen LogP contribution in [0, 0.1) is 11.8 Å². The minimum Gasteiger partial charge on any atom is -0.369 e. The molecule has 0 aromatic carbocycles. The van der Waals surface area contributed by atoms with E-state index >= 15 is 0 Å². The molecule has 18 heavy (non-hydrogen) atoms. The number of likely N-dealkylation sites (tertiary alicyclic amines) is 1. The standard InChI is InChI=1S/C14H29N3O/c1-11(2)17(10-14(15)18)6-5-16-8-12(3)7-13(4)9-16/h11-13H,5-10H2,1-4H3,(H2,15,18). The highest BCUT2D eigenvalue weighted by Crippen LogP contribution is 2.20. The van der Waals surface area contributed by atoms with Crippen LogP contribution in [0.1, 0.15) is 34.1 Å². The molecule has 0 spiro atoms. The van der Waals surface area contributed by atoms with E-state index < -0.39 is 0 Å². The highest BCUT2D eigenvalue weighted by Gasteiger charge is 2.22. The molecule has 106 valence electrons. The zero-order valence-electron chi connectivity index (χ0n) is 12.4. The largest absolute Gasteiger partial charge is 0.369 e. The van der Waals surface area contributed by atoms with Gasteiger partial charge in [-0.05, 0) is 32.1 Å². The Morgan fingerprint density at radius 2 is 1.89 bits per heavy atom. The third-order valence-corrected chi connectivity index (χ3v) is 3.74. The monoisotopic (exact) mass is 255 g/mol. The van der Waals surface area contributed by atoms with E-state index in [1.807, 2.05) is 0 Å². The van der Waals surface area contributed by atoms with Gasteiger partial charge in [0.2, 0.25) is 5.91 Å². The third-order valence-electron chi connectivity index (χ3n) is 3.74. The normalized spacial score (nSPS) is 25.9. The summed E-state index contributed by atoms with van der Waals surface area (Å²) in [5, 5.41) is 0. The predicted molar refractivity (Wildman–Crippen MR) is 75.3 cm³/mol. The van der Waals surface area contributed by atoms with Crippen molar-refractivity contribution in [3.8, 4) is 0 Å². The van der Waals surface area contributed by atoms with Crippen molar-refractivity contribution in [3.05, 3.63) is 0 Å². The Labute approximate surface area is 111 Å². The maximum atomic E-state index is 11.0. The molecule has 2 N–H and O–H groups in total. The summed E-state index contributed by atoms with van der Waals surface area (Å²) in [6.45, 7) is 13.6. The number of primary amides is 1. The number of nitrogens with two attached hydrogens (primary N) is 1. The summed E-state index contributed by atoms with van der Waals surface area (Å²) >= 11 is 0. The molecule has 0 aromatic rings. The van der Waals surface area contributed by atoms with E-state index in [1.165, 1.54) is 19.5 Å². The lowest BCUT2D eigenvalue weighted by molar-refractivity contribution is -0.119. The van der Waals surface area contributed by atoms with Crippen LogP contribution in [0.25, 0.3) is 0 Å². The first-order chi connectivity index (χ1) is 8.38. The van der Waals surface area contributed by atoms with Crippen molar-refractivity contribution in [2.24, 2.45) is 17.6 Å². The van der Waals surface area contributed by atoms with Gasteiger partial charge >= 0.3 is 0 Å². The van der Waals surface area contributed by atoms with Gasteiger partial charge < -0.3 is 10.6 Å². The molecule has 0 aromatic heterocycles. The average Bonchev–Trinajstić information content (AvgIpc) is 2.21. The van der Waals surface area contributed by atoms with Crippen molar-refractivity contribution in [1.29, 1.82) is 0 Å². The minimum absolute atomic E-state index is 0.232. The molecule has 1 heterocycles.